The summed E-state index contributed by atoms with van der Waals surface area (Å²) in [6, 6.07) is 10.5. The molecule has 1 unspecified atom stereocenters. The zero-order valence-corrected chi connectivity index (χ0v) is 23.3. The number of hydrogen-bond donors (Lipinski definition) is 1. The van der Waals surface area contributed by atoms with Crippen molar-refractivity contribution in [2.45, 2.75) is 58.7 Å². The minimum absolute atomic E-state index is 0.0157. The number of aryl methyl sites for hydroxylation is 1. The van der Waals surface area contributed by atoms with Crippen LogP contribution in [0.25, 0.3) is 21.7 Å². The Morgan fingerprint density at radius 3 is 2.47 bits per heavy atom. The Morgan fingerprint density at radius 2 is 1.84 bits per heavy atom. The van der Waals surface area contributed by atoms with Crippen LogP contribution in [0.4, 0.5) is 0 Å². The van der Waals surface area contributed by atoms with Crippen molar-refractivity contribution in [2.24, 2.45) is 11.8 Å². The molecule has 7 nitrogen and oxygen atoms in total. The molecule has 0 radical (unpaired) electrons. The van der Waals surface area contributed by atoms with Gasteiger partial charge in [0.05, 0.1) is 18.9 Å². The molecular formula is C30H35N3O4S. The topological polar surface area (TPSA) is 72.8 Å². The van der Waals surface area contributed by atoms with E-state index in [-0.39, 0.29) is 24.0 Å². The Kier molecular flexibility index (Phi) is 6.46. The number of nitrogens with zero attached hydrogens (tertiary/aromatic N) is 2. The second-order valence-corrected chi connectivity index (χ2v) is 12.0. The van der Waals surface area contributed by atoms with Gasteiger partial charge in [-0.2, -0.15) is 0 Å². The van der Waals surface area contributed by atoms with E-state index in [2.05, 4.69) is 45.6 Å². The van der Waals surface area contributed by atoms with Crippen LogP contribution in [0.15, 0.2) is 35.7 Å². The highest BCUT2D eigenvalue weighted by molar-refractivity contribution is 7.13. The molecule has 2 aliphatic heterocycles. The Labute approximate surface area is 227 Å². The van der Waals surface area contributed by atoms with Gasteiger partial charge < -0.3 is 24.3 Å². The van der Waals surface area contributed by atoms with Gasteiger partial charge in [-0.1, -0.05) is 6.07 Å². The van der Waals surface area contributed by atoms with Gasteiger partial charge >= 0.3 is 0 Å². The van der Waals surface area contributed by atoms with Crippen LogP contribution >= 0.6 is 11.3 Å². The highest BCUT2D eigenvalue weighted by Crippen LogP contribution is 2.45. The molecule has 2 fully saturated rings. The third kappa shape index (κ3) is 4.38. The lowest BCUT2D eigenvalue weighted by Crippen LogP contribution is -2.36. The van der Waals surface area contributed by atoms with Gasteiger partial charge in [-0.15, -0.1) is 11.3 Å². The molecule has 1 saturated carbocycles. The number of carbonyl (C=O) groups is 2. The van der Waals surface area contributed by atoms with E-state index in [1.807, 2.05) is 18.7 Å². The normalized spacial score (nSPS) is 21.7. The highest BCUT2D eigenvalue weighted by Gasteiger charge is 2.42. The smallest absolute Gasteiger partial charge is 0.268 e. The molecule has 8 heteroatoms. The highest BCUT2D eigenvalue weighted by atomic mass is 32.1. The molecule has 38 heavy (non-hydrogen) atoms. The maximum atomic E-state index is 13.7. The summed E-state index contributed by atoms with van der Waals surface area (Å²) < 4.78 is 14.0. The van der Waals surface area contributed by atoms with E-state index in [0.717, 1.165) is 72.1 Å². The lowest BCUT2D eigenvalue weighted by molar-refractivity contribution is -0.128. The first-order valence-corrected chi connectivity index (χ1v) is 14.4. The number of hydrogen-bond acceptors (Lipinski definition) is 5. The van der Waals surface area contributed by atoms with Crippen LogP contribution in [0.5, 0.6) is 11.5 Å². The van der Waals surface area contributed by atoms with E-state index in [0.29, 0.717) is 17.5 Å². The second-order valence-electron chi connectivity index (χ2n) is 11.1. The van der Waals surface area contributed by atoms with E-state index in [1.165, 1.54) is 5.56 Å². The molecule has 200 valence electrons. The van der Waals surface area contributed by atoms with Gasteiger partial charge in [0, 0.05) is 48.6 Å². The second kappa shape index (κ2) is 9.80. The van der Waals surface area contributed by atoms with Crippen LogP contribution < -0.4 is 14.8 Å². The minimum atomic E-state index is -0.0157. The molecule has 3 aliphatic rings. The molecule has 2 aromatic heterocycles. The van der Waals surface area contributed by atoms with Gasteiger partial charge in [0.25, 0.3) is 5.91 Å². The summed E-state index contributed by atoms with van der Waals surface area (Å²) in [6.45, 7) is 8.03. The molecule has 4 heterocycles. The van der Waals surface area contributed by atoms with Crippen molar-refractivity contribution in [3.63, 3.8) is 0 Å². The average Bonchev–Trinajstić information content (AvgIpc) is 3.65. The number of carbonyl (C=O) groups excluding carboxylic acids is 2. The Balaban J connectivity index is 1.33. The van der Waals surface area contributed by atoms with Crippen LogP contribution in [0.1, 0.15) is 49.7 Å². The van der Waals surface area contributed by atoms with Crippen molar-refractivity contribution in [1.82, 2.24) is 14.8 Å². The first-order chi connectivity index (χ1) is 18.3. The van der Waals surface area contributed by atoms with E-state index >= 15 is 0 Å². The number of amides is 2. The molecule has 0 bridgehead atoms. The molecule has 3 atom stereocenters. The number of ether oxygens (including phenoxy) is 2. The summed E-state index contributed by atoms with van der Waals surface area (Å²) in [5.74, 6) is 2.56. The predicted octanol–water partition coefficient (Wildman–Crippen LogP) is 5.22. The standard InChI is InChI=1S/C30H35N3O4S/c1-17(2)37-27-14-23-19(12-26(27)36-4)7-8-33-25(13-24(29(23)33)28-6-5-9-38-28)30(35)31-22-10-20-15-32(18(3)34)16-21(20)11-22/h5-6,9,12-14,17,20-22H,7-8,10-11,15-16H2,1-4H3,(H,31,35)/t20-,21+,22?. The van der Waals surface area contributed by atoms with Crippen LogP contribution in [0, 0.1) is 11.8 Å². The largest absolute Gasteiger partial charge is 0.493 e. The van der Waals surface area contributed by atoms with Crippen LogP contribution in [-0.4, -0.2) is 53.6 Å². The van der Waals surface area contributed by atoms with Gasteiger partial charge in [0.1, 0.15) is 5.69 Å². The predicted molar refractivity (Wildman–Crippen MR) is 149 cm³/mol. The molecule has 1 aliphatic carbocycles. The molecule has 6 rings (SSSR count). The van der Waals surface area contributed by atoms with Crippen molar-refractivity contribution in [1.29, 1.82) is 0 Å². The van der Waals surface area contributed by atoms with E-state index in [4.69, 9.17) is 9.47 Å². The van der Waals surface area contributed by atoms with Gasteiger partial charge in [0.15, 0.2) is 11.5 Å². The third-order valence-electron chi connectivity index (χ3n) is 8.26. The maximum absolute atomic E-state index is 13.7. The molecule has 3 aromatic rings. The molecule has 2 amide bonds. The molecule has 1 saturated heterocycles. The summed E-state index contributed by atoms with van der Waals surface area (Å²) in [6.07, 6.45) is 2.70. The van der Waals surface area contributed by atoms with Gasteiger partial charge in [0.2, 0.25) is 5.91 Å². The fourth-order valence-electron chi connectivity index (χ4n) is 6.58. The SMILES string of the molecule is COc1cc2c(cc1OC(C)C)-c1c(-c3cccs3)cc(C(=O)NC3C[C@@H]4CN(C(C)=O)C[C@@H]4C3)n1CC2. The molecule has 1 aromatic carbocycles. The number of benzene rings is 1. The van der Waals surface area contributed by atoms with Gasteiger partial charge in [-0.3, -0.25) is 9.59 Å². The quantitative estimate of drug-likeness (QED) is 0.472. The fourth-order valence-corrected chi connectivity index (χ4v) is 7.32. The fraction of sp³-hybridized carbons (Fsp3) is 0.467. The van der Waals surface area contributed by atoms with Crippen LogP contribution in [-0.2, 0) is 17.8 Å². The van der Waals surface area contributed by atoms with Gasteiger partial charge in [-0.05, 0) is 80.2 Å². The summed E-state index contributed by atoms with van der Waals surface area (Å²) in [7, 11) is 1.68. The third-order valence-corrected chi connectivity index (χ3v) is 9.16. The number of nitrogens with one attached hydrogen (secondary N) is 1. The summed E-state index contributed by atoms with van der Waals surface area (Å²) in [4.78, 5) is 28.6. The van der Waals surface area contributed by atoms with Crippen LogP contribution in [0.2, 0.25) is 0 Å². The number of fused-ring (bicyclic) bond motifs is 4. The summed E-state index contributed by atoms with van der Waals surface area (Å²) >= 11 is 1.68. The van der Waals surface area contributed by atoms with Crippen molar-refractivity contribution >= 4 is 23.2 Å². The first-order valence-electron chi connectivity index (χ1n) is 13.5. The monoisotopic (exact) mass is 533 g/mol. The number of aromatic nitrogens is 1. The number of methoxy groups -OCH3 is 1. The number of thiophene rings is 1. The van der Waals surface area contributed by atoms with Crippen molar-refractivity contribution in [2.75, 3.05) is 20.2 Å². The van der Waals surface area contributed by atoms with E-state index in [1.54, 1.807) is 25.4 Å². The Bertz CT molecular complexity index is 1360. The number of rotatable bonds is 6. The zero-order valence-electron chi connectivity index (χ0n) is 22.5. The van der Waals surface area contributed by atoms with E-state index in [9.17, 15) is 9.59 Å². The van der Waals surface area contributed by atoms with Crippen molar-refractivity contribution < 1.29 is 19.1 Å². The lowest BCUT2D eigenvalue weighted by atomic mass is 9.95. The van der Waals surface area contributed by atoms with Gasteiger partial charge in [-0.25, -0.2) is 0 Å². The van der Waals surface area contributed by atoms with Crippen molar-refractivity contribution in [3.05, 3.63) is 47.0 Å². The Morgan fingerprint density at radius 1 is 1.08 bits per heavy atom. The summed E-state index contributed by atoms with van der Waals surface area (Å²) in [5.41, 5.74) is 5.14. The summed E-state index contributed by atoms with van der Waals surface area (Å²) in [5, 5.41) is 5.43. The zero-order chi connectivity index (χ0) is 26.6. The van der Waals surface area contributed by atoms with Crippen molar-refractivity contribution in [3.8, 4) is 33.2 Å². The van der Waals surface area contributed by atoms with E-state index < -0.39 is 0 Å². The number of likely N-dealkylation sites (tertiary alicyclic amines) is 1. The first kappa shape index (κ1) is 25.0. The maximum Gasteiger partial charge on any atom is 0.268 e. The Hall–Kier alpha value is -3.26. The lowest BCUT2D eigenvalue weighted by Gasteiger charge is -2.25. The average molecular weight is 534 g/mol. The van der Waals surface area contributed by atoms with Crippen LogP contribution in [0.3, 0.4) is 0 Å². The minimum Gasteiger partial charge on any atom is -0.493 e. The molecule has 1 N–H and O–H groups in total. The molecular weight excluding hydrogens is 498 g/mol. The molecule has 0 spiro atoms.